The van der Waals surface area contributed by atoms with E-state index in [4.69, 9.17) is 5.73 Å². The molecule has 2 rings (SSSR count). The summed E-state index contributed by atoms with van der Waals surface area (Å²) in [5.41, 5.74) is 9.10. The van der Waals surface area contributed by atoms with E-state index in [1.165, 1.54) is 24.2 Å². The quantitative estimate of drug-likeness (QED) is 0.607. The van der Waals surface area contributed by atoms with Gasteiger partial charge in [0.15, 0.2) is 5.78 Å². The van der Waals surface area contributed by atoms with Crippen LogP contribution in [0.15, 0.2) is 12.2 Å². The number of carbonyl (C=O) groups is 1. The minimum Gasteiger partial charge on any atom is -0.397 e. The Bertz CT molecular complexity index is 486. The van der Waals surface area contributed by atoms with E-state index in [0.717, 1.165) is 27.6 Å². The van der Waals surface area contributed by atoms with Crippen LogP contribution in [0.1, 0.15) is 54.3 Å². The monoisotopic (exact) mass is 264 g/mol. The average Bonchev–Trinajstić information content (AvgIpc) is 3.10. The molecule has 1 aliphatic carbocycles. The summed E-state index contributed by atoms with van der Waals surface area (Å²) in [6.45, 7) is 8.48. The highest BCUT2D eigenvalue weighted by Crippen LogP contribution is 2.51. The van der Waals surface area contributed by atoms with E-state index in [9.17, 15) is 4.79 Å². The molecule has 0 aromatic carbocycles. The van der Waals surface area contributed by atoms with Gasteiger partial charge in [0, 0.05) is 18.5 Å². The molecule has 3 nitrogen and oxygen atoms in total. The van der Waals surface area contributed by atoms with Gasteiger partial charge in [-0.05, 0) is 25.7 Å². The zero-order valence-electron chi connectivity index (χ0n) is 11.0. The number of nitrogens with two attached hydrogens (primary N) is 1. The summed E-state index contributed by atoms with van der Waals surface area (Å²) in [5, 5.41) is 4.43. The molecule has 0 unspecified atom stereocenters. The van der Waals surface area contributed by atoms with Gasteiger partial charge in [-0.3, -0.25) is 4.79 Å². The molecule has 0 spiro atoms. The fourth-order valence-electron chi connectivity index (χ4n) is 1.96. The van der Waals surface area contributed by atoms with E-state index in [1.54, 1.807) is 0 Å². The second-order valence-electron chi connectivity index (χ2n) is 4.95. The number of nitrogen functional groups attached to an aromatic ring is 1. The van der Waals surface area contributed by atoms with Crippen LogP contribution in [-0.4, -0.2) is 12.3 Å². The number of hydrogen-bond acceptors (Lipinski definition) is 4. The van der Waals surface area contributed by atoms with E-state index < -0.39 is 0 Å². The lowest BCUT2D eigenvalue weighted by molar-refractivity contribution is 0.0993. The van der Waals surface area contributed by atoms with Gasteiger partial charge in [0.2, 0.25) is 0 Å². The largest absolute Gasteiger partial charge is 0.397 e. The number of anilines is 2. The van der Waals surface area contributed by atoms with Gasteiger partial charge >= 0.3 is 0 Å². The highest BCUT2D eigenvalue weighted by molar-refractivity contribution is 7.18. The second-order valence-corrected chi connectivity index (χ2v) is 5.97. The van der Waals surface area contributed by atoms with Crippen molar-refractivity contribution in [3.8, 4) is 0 Å². The van der Waals surface area contributed by atoms with Gasteiger partial charge in [0.05, 0.1) is 15.6 Å². The molecular formula is C14H20N2OS. The molecule has 18 heavy (non-hydrogen) atoms. The van der Waals surface area contributed by atoms with Crippen molar-refractivity contribution in [3.05, 3.63) is 22.6 Å². The third kappa shape index (κ3) is 2.58. The zero-order chi connectivity index (χ0) is 13.3. The Morgan fingerprint density at radius 1 is 1.56 bits per heavy atom. The van der Waals surface area contributed by atoms with Crippen LogP contribution in [-0.2, 0) is 0 Å². The van der Waals surface area contributed by atoms with Crippen LogP contribution in [0.4, 0.5) is 10.7 Å². The fourth-order valence-corrected chi connectivity index (χ4v) is 3.18. The summed E-state index contributed by atoms with van der Waals surface area (Å²) in [7, 11) is 0. The van der Waals surface area contributed by atoms with Crippen LogP contribution in [0.3, 0.4) is 0 Å². The molecule has 1 aliphatic rings. The maximum atomic E-state index is 11.9. The summed E-state index contributed by atoms with van der Waals surface area (Å²) in [6, 6.07) is 0. The maximum absolute atomic E-state index is 11.9. The van der Waals surface area contributed by atoms with Gasteiger partial charge in [-0.25, -0.2) is 0 Å². The van der Waals surface area contributed by atoms with Crippen molar-refractivity contribution in [2.24, 2.45) is 0 Å². The Labute approximate surface area is 112 Å². The molecule has 0 atom stereocenters. The standard InChI is InChI=1S/C14H20N2OS/c1-4-10(17)13-12(15)11(9-5-6-9)14(18-13)16-7-8(2)3/h9,16H,2,4-7,15H2,1,3H3. The van der Waals surface area contributed by atoms with Crippen molar-refractivity contribution >= 4 is 27.8 Å². The van der Waals surface area contributed by atoms with Crippen LogP contribution >= 0.6 is 11.3 Å². The van der Waals surface area contributed by atoms with Crippen LogP contribution in [0.25, 0.3) is 0 Å². The number of carbonyl (C=O) groups excluding carboxylic acids is 1. The first-order valence-electron chi connectivity index (χ1n) is 6.38. The Balaban J connectivity index is 2.31. The minimum absolute atomic E-state index is 0.141. The average molecular weight is 264 g/mol. The first-order chi connectivity index (χ1) is 8.54. The SMILES string of the molecule is C=C(C)CNc1sc(C(=O)CC)c(N)c1C1CC1. The highest BCUT2D eigenvalue weighted by atomic mass is 32.1. The lowest BCUT2D eigenvalue weighted by atomic mass is 10.1. The molecule has 0 bridgehead atoms. The van der Waals surface area contributed by atoms with Crippen LogP contribution in [0, 0.1) is 0 Å². The summed E-state index contributed by atoms with van der Waals surface area (Å²) in [4.78, 5) is 12.6. The van der Waals surface area contributed by atoms with E-state index >= 15 is 0 Å². The van der Waals surface area contributed by atoms with Crippen molar-refractivity contribution < 1.29 is 4.79 Å². The van der Waals surface area contributed by atoms with Gasteiger partial charge in [-0.2, -0.15) is 0 Å². The third-order valence-corrected chi connectivity index (χ3v) is 4.31. The normalized spacial score (nSPS) is 14.6. The number of rotatable bonds is 6. The van der Waals surface area contributed by atoms with E-state index in [2.05, 4.69) is 11.9 Å². The summed E-state index contributed by atoms with van der Waals surface area (Å²) < 4.78 is 0. The summed E-state index contributed by atoms with van der Waals surface area (Å²) in [6.07, 6.45) is 2.87. The predicted molar refractivity (Wildman–Crippen MR) is 78.6 cm³/mol. The number of Topliss-reactive ketones (excluding diaryl/α,β-unsaturated/α-hetero) is 1. The second kappa shape index (κ2) is 5.14. The van der Waals surface area contributed by atoms with Gasteiger partial charge in [0.25, 0.3) is 0 Å². The number of hydrogen-bond donors (Lipinski definition) is 2. The van der Waals surface area contributed by atoms with Crippen LogP contribution < -0.4 is 11.1 Å². The Morgan fingerprint density at radius 3 is 2.72 bits per heavy atom. The molecule has 0 saturated heterocycles. The zero-order valence-corrected chi connectivity index (χ0v) is 11.8. The number of ketones is 1. The summed E-state index contributed by atoms with van der Waals surface area (Å²) in [5.74, 6) is 0.690. The van der Waals surface area contributed by atoms with Gasteiger partial charge in [0.1, 0.15) is 0 Å². The maximum Gasteiger partial charge on any atom is 0.174 e. The molecule has 0 amide bonds. The predicted octanol–water partition coefficient (Wildman–Crippen LogP) is 3.79. The molecule has 1 heterocycles. The molecule has 1 aromatic heterocycles. The third-order valence-electron chi connectivity index (χ3n) is 3.09. The molecular weight excluding hydrogens is 244 g/mol. The number of nitrogens with one attached hydrogen (secondary N) is 1. The molecule has 98 valence electrons. The van der Waals surface area contributed by atoms with Crippen LogP contribution in [0.5, 0.6) is 0 Å². The Kier molecular flexibility index (Phi) is 3.76. The number of thiophene rings is 1. The Morgan fingerprint density at radius 2 is 2.22 bits per heavy atom. The topological polar surface area (TPSA) is 55.1 Å². The van der Waals surface area contributed by atoms with Gasteiger partial charge in [-0.1, -0.05) is 19.1 Å². The lowest BCUT2D eigenvalue weighted by Gasteiger charge is -2.06. The highest BCUT2D eigenvalue weighted by Gasteiger charge is 2.32. The molecule has 4 heteroatoms. The fraction of sp³-hybridized carbons (Fsp3) is 0.500. The lowest BCUT2D eigenvalue weighted by Crippen LogP contribution is -2.03. The molecule has 1 fully saturated rings. The molecule has 0 radical (unpaired) electrons. The van der Waals surface area contributed by atoms with E-state index in [1.807, 2.05) is 13.8 Å². The minimum atomic E-state index is 0.141. The van der Waals surface area contributed by atoms with E-state index in [-0.39, 0.29) is 5.78 Å². The molecule has 0 aliphatic heterocycles. The van der Waals surface area contributed by atoms with Crippen molar-refractivity contribution in [1.29, 1.82) is 0 Å². The van der Waals surface area contributed by atoms with Crippen molar-refractivity contribution in [3.63, 3.8) is 0 Å². The van der Waals surface area contributed by atoms with Crippen molar-refractivity contribution in [1.82, 2.24) is 0 Å². The van der Waals surface area contributed by atoms with Crippen molar-refractivity contribution in [2.75, 3.05) is 17.6 Å². The van der Waals surface area contributed by atoms with Gasteiger partial charge < -0.3 is 11.1 Å². The van der Waals surface area contributed by atoms with Crippen molar-refractivity contribution in [2.45, 2.75) is 39.0 Å². The first kappa shape index (κ1) is 13.1. The molecule has 1 aromatic rings. The van der Waals surface area contributed by atoms with Crippen LogP contribution in [0.2, 0.25) is 0 Å². The molecule has 1 saturated carbocycles. The van der Waals surface area contributed by atoms with E-state index in [0.29, 0.717) is 18.0 Å². The smallest absolute Gasteiger partial charge is 0.174 e. The Hall–Kier alpha value is -1.29. The molecule has 3 N–H and O–H groups in total. The van der Waals surface area contributed by atoms with Gasteiger partial charge in [-0.15, -0.1) is 11.3 Å². The first-order valence-corrected chi connectivity index (χ1v) is 7.19. The summed E-state index contributed by atoms with van der Waals surface area (Å²) >= 11 is 1.50.